The first-order chi connectivity index (χ1) is 14.7. The van der Waals surface area contributed by atoms with E-state index in [-0.39, 0.29) is 33.7 Å². The maximum absolute atomic E-state index is 14.0. The highest BCUT2D eigenvalue weighted by Gasteiger charge is 2.68. The fraction of sp³-hybridized carbons (Fsp3) is 0.900. The molecule has 180 valence electrons. The van der Waals surface area contributed by atoms with Gasteiger partial charge in [0, 0.05) is 17.4 Å². The van der Waals surface area contributed by atoms with Gasteiger partial charge in [-0.3, -0.25) is 4.79 Å². The van der Waals surface area contributed by atoms with E-state index in [2.05, 4.69) is 55.4 Å². The molecule has 0 spiro atoms. The maximum atomic E-state index is 14.0. The molecule has 0 aliphatic heterocycles. The second-order valence-corrected chi connectivity index (χ2v) is 14.6. The molecule has 0 aromatic heterocycles. The van der Waals surface area contributed by atoms with Crippen molar-refractivity contribution in [2.75, 3.05) is 0 Å². The van der Waals surface area contributed by atoms with Crippen LogP contribution in [0.3, 0.4) is 0 Å². The van der Waals surface area contributed by atoms with Crippen molar-refractivity contribution in [2.45, 2.75) is 119 Å². The molecule has 0 bridgehead atoms. The highest BCUT2D eigenvalue weighted by atomic mass is 16.3. The molecule has 1 N–H and O–H groups in total. The van der Waals surface area contributed by atoms with Crippen LogP contribution in [-0.2, 0) is 4.79 Å². The summed E-state index contributed by atoms with van der Waals surface area (Å²) in [5.74, 6) is 3.01. The number of rotatable bonds is 1. The molecule has 0 aromatic rings. The van der Waals surface area contributed by atoms with E-state index in [0.717, 1.165) is 37.0 Å². The second kappa shape index (κ2) is 6.73. The predicted octanol–water partition coefficient (Wildman–Crippen LogP) is 7.35. The summed E-state index contributed by atoms with van der Waals surface area (Å²) in [5, 5.41) is 10.8. The SMILES string of the molecule is CC(C)[C@H]1CC[C@@H]2[C@]1(C)CC[C@]1(C)C3=C(CC[C@@]21C)[C@@]1(C)CC[C@H](O)C(C)(C)[C@H]1CC3=O. The summed E-state index contributed by atoms with van der Waals surface area (Å²) in [6, 6.07) is 0. The fourth-order valence-corrected chi connectivity index (χ4v) is 10.9. The molecule has 2 nitrogen and oxygen atoms in total. The van der Waals surface area contributed by atoms with E-state index in [1.165, 1.54) is 43.3 Å². The van der Waals surface area contributed by atoms with Crippen LogP contribution in [0.5, 0.6) is 0 Å². The Hall–Kier alpha value is -0.630. The first-order valence-electron chi connectivity index (χ1n) is 13.7. The third-order valence-corrected chi connectivity index (χ3v) is 13.0. The number of aliphatic hydroxyl groups is 1. The number of aliphatic hydroxyl groups excluding tert-OH is 1. The second-order valence-electron chi connectivity index (χ2n) is 14.6. The molecule has 3 saturated carbocycles. The zero-order valence-electron chi connectivity index (χ0n) is 22.1. The van der Waals surface area contributed by atoms with E-state index in [1.807, 2.05) is 0 Å². The van der Waals surface area contributed by atoms with Crippen molar-refractivity contribution in [1.29, 1.82) is 0 Å². The monoisotopic (exact) mass is 440 g/mol. The van der Waals surface area contributed by atoms with Gasteiger partial charge < -0.3 is 5.11 Å². The third-order valence-electron chi connectivity index (χ3n) is 13.0. The lowest BCUT2D eigenvalue weighted by atomic mass is 9.37. The van der Waals surface area contributed by atoms with Crippen LogP contribution in [-0.4, -0.2) is 17.0 Å². The topological polar surface area (TPSA) is 37.3 Å². The number of ketones is 1. The van der Waals surface area contributed by atoms with Crippen LogP contribution >= 0.6 is 0 Å². The van der Waals surface area contributed by atoms with Gasteiger partial charge in [-0.05, 0) is 96.7 Å². The van der Waals surface area contributed by atoms with Gasteiger partial charge in [0.15, 0.2) is 5.78 Å². The molecule has 5 aliphatic rings. The number of hydrogen-bond donors (Lipinski definition) is 1. The van der Waals surface area contributed by atoms with Crippen molar-refractivity contribution in [3.05, 3.63) is 11.1 Å². The van der Waals surface area contributed by atoms with Gasteiger partial charge in [0.25, 0.3) is 0 Å². The summed E-state index contributed by atoms with van der Waals surface area (Å²) in [6.45, 7) is 19.4. The highest BCUT2D eigenvalue weighted by Crippen LogP contribution is 2.75. The Morgan fingerprint density at radius 1 is 0.875 bits per heavy atom. The van der Waals surface area contributed by atoms with Gasteiger partial charge in [-0.25, -0.2) is 0 Å². The Bertz CT molecular complexity index is 866. The number of hydrogen-bond acceptors (Lipinski definition) is 2. The molecule has 0 radical (unpaired) electrons. The molecule has 8 atom stereocenters. The number of carbonyl (C=O) groups excluding carboxylic acids is 1. The quantitative estimate of drug-likeness (QED) is 0.463. The molecule has 0 heterocycles. The lowest BCUT2D eigenvalue weighted by molar-refractivity contribution is -0.145. The van der Waals surface area contributed by atoms with Gasteiger partial charge >= 0.3 is 0 Å². The molecular weight excluding hydrogens is 392 g/mol. The molecule has 0 saturated heterocycles. The Kier molecular flexibility index (Phi) is 4.87. The highest BCUT2D eigenvalue weighted by molar-refractivity contribution is 5.99. The third kappa shape index (κ3) is 2.55. The van der Waals surface area contributed by atoms with Gasteiger partial charge in [-0.1, -0.05) is 61.0 Å². The summed E-state index contributed by atoms with van der Waals surface area (Å²) >= 11 is 0. The average molecular weight is 441 g/mol. The van der Waals surface area contributed by atoms with E-state index >= 15 is 0 Å². The smallest absolute Gasteiger partial charge is 0.159 e. The van der Waals surface area contributed by atoms with Crippen LogP contribution < -0.4 is 0 Å². The van der Waals surface area contributed by atoms with Crippen molar-refractivity contribution in [3.63, 3.8) is 0 Å². The van der Waals surface area contributed by atoms with Crippen molar-refractivity contribution >= 4 is 5.78 Å². The van der Waals surface area contributed by atoms with E-state index in [9.17, 15) is 9.90 Å². The first kappa shape index (κ1) is 23.1. The van der Waals surface area contributed by atoms with E-state index in [1.54, 1.807) is 0 Å². The maximum Gasteiger partial charge on any atom is 0.159 e. The zero-order chi connectivity index (χ0) is 23.5. The van der Waals surface area contributed by atoms with Crippen LogP contribution in [0.4, 0.5) is 0 Å². The summed E-state index contributed by atoms with van der Waals surface area (Å²) in [6.07, 6.45) is 9.78. The molecule has 32 heavy (non-hydrogen) atoms. The summed E-state index contributed by atoms with van der Waals surface area (Å²) < 4.78 is 0. The molecule has 5 aliphatic carbocycles. The minimum Gasteiger partial charge on any atom is -0.393 e. The molecule has 0 unspecified atom stereocenters. The predicted molar refractivity (Wildman–Crippen MR) is 131 cm³/mol. The average Bonchev–Trinajstić information content (AvgIpc) is 3.07. The van der Waals surface area contributed by atoms with Gasteiger partial charge in [0.2, 0.25) is 0 Å². The number of carbonyl (C=O) groups is 1. The number of allylic oxidation sites excluding steroid dienone is 2. The molecule has 2 heteroatoms. The molecule has 0 aromatic carbocycles. The van der Waals surface area contributed by atoms with Crippen molar-refractivity contribution in [2.24, 2.45) is 50.7 Å². The minimum absolute atomic E-state index is 0.0158. The molecular formula is C30H48O2. The standard InChI is InChI=1S/C30H48O2/c1-18(2)19-9-10-22-28(19,6)15-16-30(8)25-20(11-14-29(22,30)7)27(5)13-12-24(32)26(3,4)23(27)17-21(25)31/h18-19,22-24,32H,9-17H2,1-8H3/t19-,22-,23-,24+,27-,28-,29+,30-/m1/s1. The van der Waals surface area contributed by atoms with Crippen molar-refractivity contribution in [3.8, 4) is 0 Å². The minimum atomic E-state index is -0.290. The molecule has 0 amide bonds. The Balaban J connectivity index is 1.62. The first-order valence-corrected chi connectivity index (χ1v) is 13.7. The van der Waals surface area contributed by atoms with Crippen LogP contribution in [0.1, 0.15) is 113 Å². The van der Waals surface area contributed by atoms with Crippen LogP contribution in [0, 0.1) is 50.7 Å². The number of fused-ring (bicyclic) bond motifs is 6. The molecule has 5 rings (SSSR count). The van der Waals surface area contributed by atoms with Gasteiger partial charge in [-0.2, -0.15) is 0 Å². The summed E-state index contributed by atoms with van der Waals surface area (Å²) in [7, 11) is 0. The van der Waals surface area contributed by atoms with Crippen molar-refractivity contribution in [1.82, 2.24) is 0 Å². The van der Waals surface area contributed by atoms with Gasteiger partial charge in [-0.15, -0.1) is 0 Å². The normalized spacial score (nSPS) is 52.4. The lowest BCUT2D eigenvalue weighted by Gasteiger charge is -2.66. The molecule has 3 fully saturated rings. The van der Waals surface area contributed by atoms with Crippen LogP contribution in [0.25, 0.3) is 0 Å². The largest absolute Gasteiger partial charge is 0.393 e. The zero-order valence-corrected chi connectivity index (χ0v) is 22.1. The summed E-state index contributed by atoms with van der Waals surface area (Å²) in [4.78, 5) is 14.0. The van der Waals surface area contributed by atoms with Gasteiger partial charge in [0.1, 0.15) is 0 Å². The van der Waals surface area contributed by atoms with Gasteiger partial charge in [0.05, 0.1) is 6.10 Å². The Morgan fingerprint density at radius 2 is 1.56 bits per heavy atom. The van der Waals surface area contributed by atoms with E-state index in [4.69, 9.17) is 0 Å². The lowest BCUT2D eigenvalue weighted by Crippen LogP contribution is -2.61. The van der Waals surface area contributed by atoms with E-state index < -0.39 is 0 Å². The number of Topliss-reactive ketones (excluding diaryl/α,β-unsaturated/α-hetero) is 1. The Morgan fingerprint density at radius 3 is 2.22 bits per heavy atom. The van der Waals surface area contributed by atoms with Crippen LogP contribution in [0.2, 0.25) is 0 Å². The Labute approximate surface area is 197 Å². The fourth-order valence-electron chi connectivity index (χ4n) is 10.9. The van der Waals surface area contributed by atoms with E-state index in [0.29, 0.717) is 17.6 Å². The van der Waals surface area contributed by atoms with Crippen molar-refractivity contribution < 1.29 is 9.90 Å². The summed E-state index contributed by atoms with van der Waals surface area (Å²) in [5.41, 5.74) is 3.35. The van der Waals surface area contributed by atoms with Crippen LogP contribution in [0.15, 0.2) is 11.1 Å².